The maximum absolute atomic E-state index is 11.3. The number of aromatic hydroxyl groups is 3. The minimum atomic E-state index is 0.0714. The third-order valence-electron chi connectivity index (χ3n) is 11.4. The van der Waals surface area contributed by atoms with Crippen molar-refractivity contribution in [2.75, 3.05) is 13.6 Å². The van der Waals surface area contributed by atoms with E-state index < -0.39 is 0 Å². The molecule has 0 saturated heterocycles. The van der Waals surface area contributed by atoms with Crippen LogP contribution < -0.4 is 11.1 Å². The fraction of sp³-hybridized carbons (Fsp3) is 0.553. The fourth-order valence-electron chi connectivity index (χ4n) is 8.23. The summed E-state index contributed by atoms with van der Waals surface area (Å²) in [5.74, 6) is 0.841. The Hall–Kier alpha value is -4.05. The van der Waals surface area contributed by atoms with Crippen molar-refractivity contribution in [2.24, 2.45) is 15.7 Å². The van der Waals surface area contributed by atoms with Crippen molar-refractivity contribution < 1.29 is 15.3 Å². The molecule has 3 atom stereocenters. The number of likely N-dealkylation sites (N-methyl/N-ethyl adjacent to an activating group) is 1. The molecule has 0 amide bonds. The third kappa shape index (κ3) is 13.6. The van der Waals surface area contributed by atoms with Crippen LogP contribution in [0.3, 0.4) is 0 Å². The van der Waals surface area contributed by atoms with Gasteiger partial charge < -0.3 is 31.8 Å². The molecular weight excluding hydrogens is 697 g/mol. The second kappa shape index (κ2) is 22.6. The van der Waals surface area contributed by atoms with Gasteiger partial charge in [0.25, 0.3) is 0 Å². The Labute approximate surface area is 337 Å². The SMILES string of the molecule is CCCCCC(CNCc1cc(C)cc(C=NC2CCCCC2)c1O)N=Cc1cc(C)cc(CN(C)C2CCCCC2N)c1O.Cc1cc(C)c(O)c(C=N)c1. The van der Waals surface area contributed by atoms with E-state index in [1.54, 1.807) is 6.07 Å². The van der Waals surface area contributed by atoms with Crippen molar-refractivity contribution in [1.82, 2.24) is 10.2 Å². The van der Waals surface area contributed by atoms with Crippen LogP contribution >= 0.6 is 0 Å². The Balaban J connectivity index is 0.000000544. The summed E-state index contributed by atoms with van der Waals surface area (Å²) in [5.41, 5.74) is 14.5. The van der Waals surface area contributed by atoms with Gasteiger partial charge in [0.2, 0.25) is 0 Å². The minimum absolute atomic E-state index is 0.0714. The summed E-state index contributed by atoms with van der Waals surface area (Å²) in [6.07, 6.45) is 20.0. The molecule has 2 saturated carbocycles. The van der Waals surface area contributed by atoms with Crippen molar-refractivity contribution >= 4 is 18.6 Å². The summed E-state index contributed by atoms with van der Waals surface area (Å²) in [6.45, 7) is 12.1. The zero-order valence-corrected chi connectivity index (χ0v) is 35.1. The first-order valence-electron chi connectivity index (χ1n) is 21.1. The van der Waals surface area contributed by atoms with E-state index in [0.717, 1.165) is 95.7 Å². The van der Waals surface area contributed by atoms with Crippen molar-refractivity contribution in [3.63, 3.8) is 0 Å². The second-order valence-corrected chi connectivity index (χ2v) is 16.4. The van der Waals surface area contributed by atoms with E-state index in [-0.39, 0.29) is 17.8 Å². The van der Waals surface area contributed by atoms with Crippen LogP contribution in [0.2, 0.25) is 0 Å². The van der Waals surface area contributed by atoms with E-state index in [2.05, 4.69) is 50.2 Å². The molecule has 0 aromatic heterocycles. The summed E-state index contributed by atoms with van der Waals surface area (Å²) >= 11 is 0. The van der Waals surface area contributed by atoms with Crippen LogP contribution in [-0.2, 0) is 13.1 Å². The summed E-state index contributed by atoms with van der Waals surface area (Å²) in [5, 5.41) is 42.3. The summed E-state index contributed by atoms with van der Waals surface area (Å²) in [4.78, 5) is 12.1. The molecule has 0 spiro atoms. The van der Waals surface area contributed by atoms with Crippen LogP contribution in [0.15, 0.2) is 46.4 Å². The van der Waals surface area contributed by atoms with Gasteiger partial charge >= 0.3 is 0 Å². The number of aliphatic imine (C=N–C) groups is 2. The number of rotatable bonds is 16. The van der Waals surface area contributed by atoms with Gasteiger partial charge in [-0.05, 0) is 107 Å². The highest BCUT2D eigenvalue weighted by molar-refractivity contribution is 5.85. The van der Waals surface area contributed by atoms with Crippen LogP contribution in [0.4, 0.5) is 0 Å². The molecule has 2 fully saturated rings. The maximum atomic E-state index is 11.3. The molecule has 0 heterocycles. The summed E-state index contributed by atoms with van der Waals surface area (Å²) in [7, 11) is 2.12. The van der Waals surface area contributed by atoms with E-state index in [1.165, 1.54) is 38.5 Å². The molecule has 56 heavy (non-hydrogen) atoms. The number of hydrogen-bond donors (Lipinski definition) is 6. The van der Waals surface area contributed by atoms with E-state index in [4.69, 9.17) is 21.1 Å². The lowest BCUT2D eigenvalue weighted by molar-refractivity contribution is 0.161. The first-order valence-corrected chi connectivity index (χ1v) is 21.1. The van der Waals surface area contributed by atoms with Crippen LogP contribution in [0.5, 0.6) is 17.2 Å². The molecule has 9 nitrogen and oxygen atoms in total. The first kappa shape index (κ1) is 44.7. The molecule has 2 aliphatic carbocycles. The van der Waals surface area contributed by atoms with Crippen LogP contribution in [0.1, 0.15) is 140 Å². The average molecular weight is 767 g/mol. The largest absolute Gasteiger partial charge is 0.507 e. The molecule has 2 aliphatic rings. The van der Waals surface area contributed by atoms with Gasteiger partial charge in [0.1, 0.15) is 17.2 Å². The van der Waals surface area contributed by atoms with Crippen LogP contribution in [0.25, 0.3) is 0 Å². The quantitative estimate of drug-likeness (QED) is 0.0632. The van der Waals surface area contributed by atoms with E-state index in [9.17, 15) is 15.3 Å². The number of nitrogens with two attached hydrogens (primary N) is 1. The lowest BCUT2D eigenvalue weighted by atomic mass is 9.89. The van der Waals surface area contributed by atoms with Gasteiger partial charge in [-0.3, -0.25) is 14.9 Å². The minimum Gasteiger partial charge on any atom is -0.507 e. The highest BCUT2D eigenvalue weighted by Crippen LogP contribution is 2.29. The summed E-state index contributed by atoms with van der Waals surface area (Å²) in [6, 6.07) is 12.8. The average Bonchev–Trinajstić information content (AvgIpc) is 3.18. The molecule has 3 aromatic rings. The zero-order chi connectivity index (χ0) is 40.6. The molecule has 5 rings (SSSR count). The predicted octanol–water partition coefficient (Wildman–Crippen LogP) is 9.33. The van der Waals surface area contributed by atoms with Crippen molar-refractivity contribution in [2.45, 2.75) is 155 Å². The number of phenols is 3. The number of unbranched alkanes of at least 4 members (excludes halogenated alkanes) is 2. The number of nitrogens with zero attached hydrogens (tertiary/aromatic N) is 3. The van der Waals surface area contributed by atoms with Gasteiger partial charge in [-0.2, -0.15) is 0 Å². The standard InChI is InChI=1S/C38H59N5O2.C9H11NO/c1-5-6-8-15-34(25-40-22-29-18-27(2)19-30(37(29)44)23-41-33-13-9-7-10-14-33)42-24-31-20-28(3)21-32(38(31)45)26-43(4)36-17-12-11-16-35(36)39;1-6-3-7(2)9(11)8(4-6)5-10/h18-21,23-24,33-36,40,44-45H,5-17,22,25-26,39H2,1-4H3;3-5,10-11H,1-2H3. The lowest BCUT2D eigenvalue weighted by Crippen LogP contribution is -2.47. The van der Waals surface area contributed by atoms with Gasteiger partial charge in [0.15, 0.2) is 0 Å². The van der Waals surface area contributed by atoms with Gasteiger partial charge in [-0.25, -0.2) is 0 Å². The van der Waals surface area contributed by atoms with E-state index in [0.29, 0.717) is 48.8 Å². The van der Waals surface area contributed by atoms with E-state index in [1.807, 2.05) is 44.5 Å². The lowest BCUT2D eigenvalue weighted by Gasteiger charge is -2.36. The molecule has 7 N–H and O–H groups in total. The molecule has 306 valence electrons. The Morgan fingerprint density at radius 2 is 1.39 bits per heavy atom. The maximum Gasteiger partial charge on any atom is 0.128 e. The molecule has 0 aliphatic heterocycles. The topological polar surface area (TPSA) is 151 Å². The van der Waals surface area contributed by atoms with Crippen LogP contribution in [0, 0.1) is 33.1 Å². The second-order valence-electron chi connectivity index (χ2n) is 16.4. The van der Waals surface area contributed by atoms with Crippen LogP contribution in [-0.4, -0.2) is 76.6 Å². The Bertz CT molecular complexity index is 1770. The van der Waals surface area contributed by atoms with Gasteiger partial charge in [0.05, 0.1) is 6.04 Å². The highest BCUT2D eigenvalue weighted by Gasteiger charge is 2.26. The Kier molecular flexibility index (Phi) is 18.0. The smallest absolute Gasteiger partial charge is 0.128 e. The van der Waals surface area contributed by atoms with E-state index >= 15 is 0 Å². The number of hydrogen-bond acceptors (Lipinski definition) is 9. The first-order chi connectivity index (χ1) is 26.9. The number of aryl methyl sites for hydroxylation is 4. The fourth-order valence-corrected chi connectivity index (χ4v) is 8.23. The monoisotopic (exact) mass is 767 g/mol. The van der Waals surface area contributed by atoms with Crippen molar-refractivity contribution in [3.8, 4) is 17.2 Å². The number of nitrogens with one attached hydrogen (secondary N) is 2. The summed E-state index contributed by atoms with van der Waals surface area (Å²) < 4.78 is 0. The third-order valence-corrected chi connectivity index (χ3v) is 11.4. The number of benzene rings is 3. The van der Waals surface area contributed by atoms with Gasteiger partial charge in [-0.15, -0.1) is 0 Å². The molecule has 9 heteroatoms. The molecular formula is C47H70N6O3. The van der Waals surface area contributed by atoms with Crippen molar-refractivity contribution in [3.05, 3.63) is 86.5 Å². The normalized spacial score (nSPS) is 18.4. The molecule has 3 unspecified atom stereocenters. The van der Waals surface area contributed by atoms with Crippen molar-refractivity contribution in [1.29, 1.82) is 5.41 Å². The highest BCUT2D eigenvalue weighted by atomic mass is 16.3. The zero-order valence-electron chi connectivity index (χ0n) is 35.1. The molecule has 3 aromatic carbocycles. The molecule has 0 bridgehead atoms. The predicted molar refractivity (Wildman–Crippen MR) is 235 cm³/mol. The van der Waals surface area contributed by atoms with Gasteiger partial charge in [0, 0.05) is 84.2 Å². The Morgan fingerprint density at radius 1 is 0.786 bits per heavy atom. The molecule has 0 radical (unpaired) electrons. The van der Waals surface area contributed by atoms with Gasteiger partial charge in [-0.1, -0.05) is 76.5 Å². The Morgan fingerprint density at radius 3 is 2.07 bits per heavy atom. The number of phenolic OH excluding ortho intramolecular Hbond substituents is 3.